The van der Waals surface area contributed by atoms with Gasteiger partial charge in [0.2, 0.25) is 5.91 Å². The lowest BCUT2D eigenvalue weighted by atomic mass is 10.0. The fraction of sp³-hybridized carbons (Fsp3) is 0.448. The monoisotopic (exact) mass is 522 g/mol. The summed E-state index contributed by atoms with van der Waals surface area (Å²) in [6, 6.07) is 17.7. The Balaban J connectivity index is 1.38. The predicted molar refractivity (Wildman–Crippen MR) is 144 cm³/mol. The van der Waals surface area contributed by atoms with Crippen molar-refractivity contribution in [3.63, 3.8) is 0 Å². The third kappa shape index (κ3) is 8.31. The van der Waals surface area contributed by atoms with Gasteiger partial charge in [0.05, 0.1) is 13.2 Å². The van der Waals surface area contributed by atoms with E-state index < -0.39 is 5.60 Å². The van der Waals surface area contributed by atoms with E-state index in [4.69, 9.17) is 14.2 Å². The fourth-order valence-electron chi connectivity index (χ4n) is 4.59. The van der Waals surface area contributed by atoms with E-state index >= 15 is 0 Å². The molecule has 0 bridgehead atoms. The second-order valence-corrected chi connectivity index (χ2v) is 9.90. The molecular formula is C29H38N4O5. The van der Waals surface area contributed by atoms with Gasteiger partial charge in [-0.25, -0.2) is 0 Å². The zero-order chi connectivity index (χ0) is 26.8. The van der Waals surface area contributed by atoms with Crippen molar-refractivity contribution in [3.8, 4) is 11.5 Å². The van der Waals surface area contributed by atoms with Gasteiger partial charge in [0.1, 0.15) is 30.3 Å². The van der Waals surface area contributed by atoms with E-state index in [1.165, 1.54) is 7.11 Å². The number of carbonyl (C=O) groups excluding carboxylic acids is 1. The minimum atomic E-state index is -1.24. The molecule has 1 fully saturated rings. The van der Waals surface area contributed by atoms with Gasteiger partial charge in [-0.2, -0.15) is 5.10 Å². The van der Waals surface area contributed by atoms with Crippen LogP contribution in [0.4, 0.5) is 0 Å². The van der Waals surface area contributed by atoms with Crippen LogP contribution < -0.4 is 9.47 Å². The van der Waals surface area contributed by atoms with Crippen molar-refractivity contribution in [2.24, 2.45) is 0 Å². The quantitative estimate of drug-likeness (QED) is 0.366. The van der Waals surface area contributed by atoms with E-state index in [1.54, 1.807) is 11.1 Å². The summed E-state index contributed by atoms with van der Waals surface area (Å²) in [5.41, 5.74) is 0.969. The molecule has 1 N–H and O–H groups in total. The molecule has 38 heavy (non-hydrogen) atoms. The molecule has 1 amide bonds. The predicted octanol–water partition coefficient (Wildman–Crippen LogP) is 2.76. The first-order chi connectivity index (χ1) is 18.4. The number of aromatic nitrogens is 2. The summed E-state index contributed by atoms with van der Waals surface area (Å²) in [5.74, 6) is 1.35. The molecule has 0 unspecified atom stereocenters. The first kappa shape index (κ1) is 27.6. The van der Waals surface area contributed by atoms with Crippen molar-refractivity contribution in [1.29, 1.82) is 0 Å². The average molecular weight is 523 g/mol. The van der Waals surface area contributed by atoms with Crippen LogP contribution in [0.1, 0.15) is 17.5 Å². The number of benzene rings is 2. The zero-order valence-electron chi connectivity index (χ0n) is 22.3. The molecule has 1 aromatic heterocycles. The number of methoxy groups -OCH3 is 1. The molecule has 0 spiro atoms. The third-order valence-corrected chi connectivity index (χ3v) is 6.50. The van der Waals surface area contributed by atoms with Gasteiger partial charge in [-0.3, -0.25) is 14.4 Å². The van der Waals surface area contributed by atoms with E-state index in [2.05, 4.69) is 16.1 Å². The summed E-state index contributed by atoms with van der Waals surface area (Å²) < 4.78 is 18.9. The number of carbonyl (C=O) groups is 1. The number of ether oxygens (including phenoxy) is 3. The number of hydrogen-bond donors (Lipinski definition) is 1. The van der Waals surface area contributed by atoms with Crippen molar-refractivity contribution in [2.75, 3.05) is 53.1 Å². The largest absolute Gasteiger partial charge is 0.494 e. The van der Waals surface area contributed by atoms with Crippen LogP contribution in [-0.2, 0) is 22.6 Å². The van der Waals surface area contributed by atoms with Gasteiger partial charge in [0.15, 0.2) is 0 Å². The van der Waals surface area contributed by atoms with Crippen molar-refractivity contribution < 1.29 is 24.1 Å². The Hall–Kier alpha value is -3.40. The summed E-state index contributed by atoms with van der Waals surface area (Å²) >= 11 is 0. The van der Waals surface area contributed by atoms with Gasteiger partial charge in [0.25, 0.3) is 0 Å². The van der Waals surface area contributed by atoms with Crippen molar-refractivity contribution >= 4 is 5.91 Å². The molecule has 204 valence electrons. The summed E-state index contributed by atoms with van der Waals surface area (Å²) in [4.78, 5) is 16.5. The lowest BCUT2D eigenvalue weighted by molar-refractivity contribution is -0.138. The average Bonchev–Trinajstić information content (AvgIpc) is 3.37. The van der Waals surface area contributed by atoms with E-state index in [-0.39, 0.29) is 25.7 Å². The minimum absolute atomic E-state index is 0.0192. The second kappa shape index (κ2) is 13.4. The Morgan fingerprint density at radius 1 is 1.05 bits per heavy atom. The summed E-state index contributed by atoms with van der Waals surface area (Å²) in [5, 5.41) is 15.9. The molecule has 4 rings (SSSR count). The normalized spacial score (nSPS) is 18.2. The smallest absolute Gasteiger partial charge is 0.248 e. The van der Waals surface area contributed by atoms with Crippen LogP contribution in [0.3, 0.4) is 0 Å². The Bertz CT molecular complexity index is 1140. The molecule has 3 aromatic rings. The number of rotatable bonds is 12. The van der Waals surface area contributed by atoms with Crippen LogP contribution in [0.25, 0.3) is 0 Å². The van der Waals surface area contributed by atoms with Gasteiger partial charge in [-0.05, 0) is 42.8 Å². The summed E-state index contributed by atoms with van der Waals surface area (Å²) in [7, 11) is 1.50. The molecule has 9 heteroatoms. The van der Waals surface area contributed by atoms with Crippen LogP contribution in [0, 0.1) is 6.92 Å². The maximum absolute atomic E-state index is 12.7. The van der Waals surface area contributed by atoms with Crippen LogP contribution in [-0.4, -0.2) is 89.3 Å². The summed E-state index contributed by atoms with van der Waals surface area (Å²) in [6.07, 6.45) is 4.58. The number of nitrogens with zero attached hydrogens (tertiary/aromatic N) is 4. The number of hydrogen-bond acceptors (Lipinski definition) is 7. The van der Waals surface area contributed by atoms with E-state index in [0.29, 0.717) is 38.5 Å². The van der Waals surface area contributed by atoms with Gasteiger partial charge < -0.3 is 24.2 Å². The highest BCUT2D eigenvalue weighted by molar-refractivity contribution is 5.77. The maximum Gasteiger partial charge on any atom is 0.248 e. The second-order valence-electron chi connectivity index (χ2n) is 9.90. The highest BCUT2D eigenvalue weighted by Gasteiger charge is 2.37. The Morgan fingerprint density at radius 2 is 1.89 bits per heavy atom. The number of amides is 1. The molecule has 1 aliphatic rings. The van der Waals surface area contributed by atoms with Crippen LogP contribution in [0.15, 0.2) is 67.0 Å². The topological polar surface area (TPSA) is 89.3 Å². The van der Waals surface area contributed by atoms with Crippen LogP contribution in [0.5, 0.6) is 11.5 Å². The standard InChI is InChI=1S/C29H38N4O5/c1-24-8-10-26(11-9-24)38-23-29(35)21-31(15-16-32(22-29)28(34)20-36-2)19-25-6-3-7-27(18-25)37-17-5-14-33-13-4-12-30-33/h3-4,6-13,18,35H,5,14-17,19-23H2,1-2H3/t29-/m0/s1. The third-order valence-electron chi connectivity index (χ3n) is 6.50. The molecule has 2 aromatic carbocycles. The molecule has 0 radical (unpaired) electrons. The number of aryl methyl sites for hydroxylation is 2. The van der Waals surface area contributed by atoms with Gasteiger partial charge >= 0.3 is 0 Å². The van der Waals surface area contributed by atoms with Crippen LogP contribution in [0.2, 0.25) is 0 Å². The van der Waals surface area contributed by atoms with Crippen molar-refractivity contribution in [1.82, 2.24) is 19.6 Å². The molecule has 1 atom stereocenters. The van der Waals surface area contributed by atoms with Crippen LogP contribution >= 0.6 is 0 Å². The highest BCUT2D eigenvalue weighted by atomic mass is 16.5. The van der Waals surface area contributed by atoms with E-state index in [9.17, 15) is 9.90 Å². The van der Waals surface area contributed by atoms with Gasteiger partial charge in [-0.15, -0.1) is 0 Å². The molecule has 0 aliphatic carbocycles. The molecule has 1 aliphatic heterocycles. The Labute approximate surface area is 224 Å². The number of aliphatic hydroxyl groups is 1. The molecule has 9 nitrogen and oxygen atoms in total. The van der Waals surface area contributed by atoms with E-state index in [0.717, 1.165) is 29.8 Å². The molecule has 2 heterocycles. The lowest BCUT2D eigenvalue weighted by Gasteiger charge is -2.33. The Kier molecular flexibility index (Phi) is 9.75. The molecule has 1 saturated heterocycles. The SMILES string of the molecule is COCC(=O)N1CCN(Cc2cccc(OCCCn3cccn3)c2)C[C@@](O)(COc2ccc(C)cc2)C1. The fourth-order valence-corrected chi connectivity index (χ4v) is 4.59. The lowest BCUT2D eigenvalue weighted by Crippen LogP contribution is -2.52. The Morgan fingerprint density at radius 3 is 2.66 bits per heavy atom. The minimum Gasteiger partial charge on any atom is -0.494 e. The maximum atomic E-state index is 12.7. The highest BCUT2D eigenvalue weighted by Crippen LogP contribution is 2.22. The molecular weight excluding hydrogens is 484 g/mol. The van der Waals surface area contributed by atoms with Gasteiger partial charge in [0, 0.05) is 58.6 Å². The van der Waals surface area contributed by atoms with E-state index in [1.807, 2.05) is 66.3 Å². The van der Waals surface area contributed by atoms with Crippen molar-refractivity contribution in [2.45, 2.75) is 32.0 Å². The summed E-state index contributed by atoms with van der Waals surface area (Å²) in [6.45, 7) is 5.75. The number of β-amino-alcohol motifs (C(OH)–C–C–N with tert-alkyl or cyclic N) is 1. The van der Waals surface area contributed by atoms with Crippen molar-refractivity contribution in [3.05, 3.63) is 78.1 Å². The zero-order valence-corrected chi connectivity index (χ0v) is 22.3. The van der Waals surface area contributed by atoms with Gasteiger partial charge in [-0.1, -0.05) is 29.8 Å². The molecule has 0 saturated carbocycles. The first-order valence-electron chi connectivity index (χ1n) is 13.0. The first-order valence-corrected chi connectivity index (χ1v) is 13.0.